The first-order valence-corrected chi connectivity index (χ1v) is 10.7. The summed E-state index contributed by atoms with van der Waals surface area (Å²) < 4.78 is 7.52. The van der Waals surface area contributed by atoms with Crippen molar-refractivity contribution in [1.82, 2.24) is 35.0 Å². The quantitative estimate of drug-likeness (QED) is 0.621. The van der Waals surface area contributed by atoms with E-state index in [0.717, 1.165) is 49.0 Å². The van der Waals surface area contributed by atoms with Gasteiger partial charge in [-0.15, -0.1) is 5.10 Å². The number of hydrogen-bond donors (Lipinski definition) is 0. The van der Waals surface area contributed by atoms with Crippen molar-refractivity contribution in [2.24, 2.45) is 0 Å². The maximum absolute atomic E-state index is 12.9. The Hall–Kier alpha value is -3.07. The summed E-state index contributed by atoms with van der Waals surface area (Å²) >= 11 is 0. The molecule has 9 nitrogen and oxygen atoms in total. The van der Waals surface area contributed by atoms with Crippen LogP contribution in [0.15, 0.2) is 41.2 Å². The highest BCUT2D eigenvalue weighted by molar-refractivity contribution is 5.78. The van der Waals surface area contributed by atoms with E-state index >= 15 is 0 Å². The van der Waals surface area contributed by atoms with Crippen molar-refractivity contribution in [1.29, 1.82) is 0 Å². The molecule has 1 aromatic carbocycles. The van der Waals surface area contributed by atoms with Crippen LogP contribution in [0, 0.1) is 0 Å². The molecule has 0 unspecified atom stereocenters. The summed E-state index contributed by atoms with van der Waals surface area (Å²) in [4.78, 5) is 21.6. The Balaban J connectivity index is 1.30. The number of carbonyl (C=O) groups is 1. The number of tetrazole rings is 1. The van der Waals surface area contributed by atoms with Gasteiger partial charge < -0.3 is 9.32 Å². The molecule has 3 aromatic rings. The Morgan fingerprint density at radius 1 is 1.10 bits per heavy atom. The molecule has 0 saturated carbocycles. The maximum Gasteiger partial charge on any atom is 0.227 e. The molecule has 1 saturated heterocycles. The van der Waals surface area contributed by atoms with Gasteiger partial charge in [-0.1, -0.05) is 32.9 Å². The fourth-order valence-electron chi connectivity index (χ4n) is 3.63. The summed E-state index contributed by atoms with van der Waals surface area (Å²) in [6.07, 6.45) is 4.71. The number of amides is 1. The fourth-order valence-corrected chi connectivity index (χ4v) is 3.63. The molecule has 0 N–H and O–H groups in total. The fraction of sp³-hybridized carbons (Fsp3) is 0.500. The van der Waals surface area contributed by atoms with Gasteiger partial charge in [0.1, 0.15) is 12.1 Å². The van der Waals surface area contributed by atoms with Gasteiger partial charge in [-0.25, -0.2) is 9.67 Å². The predicted molar refractivity (Wildman–Crippen MR) is 115 cm³/mol. The van der Waals surface area contributed by atoms with Crippen LogP contribution >= 0.6 is 0 Å². The van der Waals surface area contributed by atoms with Crippen LogP contribution in [-0.2, 0) is 23.2 Å². The Labute approximate surface area is 182 Å². The smallest absolute Gasteiger partial charge is 0.227 e. The largest absolute Gasteiger partial charge is 0.444 e. The Morgan fingerprint density at radius 2 is 1.90 bits per heavy atom. The van der Waals surface area contributed by atoms with Gasteiger partial charge in [0, 0.05) is 31.6 Å². The molecule has 2 aromatic heterocycles. The Bertz CT molecular complexity index is 990. The van der Waals surface area contributed by atoms with E-state index in [-0.39, 0.29) is 11.3 Å². The first-order chi connectivity index (χ1) is 14.9. The molecule has 0 spiro atoms. The molecule has 0 radical (unpaired) electrons. The summed E-state index contributed by atoms with van der Waals surface area (Å²) in [5.74, 6) is 1.80. The lowest BCUT2D eigenvalue weighted by Crippen LogP contribution is -2.36. The van der Waals surface area contributed by atoms with Crippen molar-refractivity contribution in [2.75, 3.05) is 26.2 Å². The number of carbonyl (C=O) groups excluding carboxylic acids is 1. The van der Waals surface area contributed by atoms with Crippen LogP contribution in [0.25, 0.3) is 5.69 Å². The maximum atomic E-state index is 12.9. The Kier molecular flexibility index (Phi) is 6.13. The molecule has 4 rings (SSSR count). The molecule has 164 valence electrons. The second-order valence-corrected chi connectivity index (χ2v) is 8.98. The molecule has 1 fully saturated rings. The topological polar surface area (TPSA) is 93.2 Å². The van der Waals surface area contributed by atoms with Crippen LogP contribution in [0.3, 0.4) is 0 Å². The minimum absolute atomic E-state index is 0.0440. The van der Waals surface area contributed by atoms with Crippen LogP contribution in [0.4, 0.5) is 0 Å². The predicted octanol–water partition coefficient (Wildman–Crippen LogP) is 2.22. The van der Waals surface area contributed by atoms with Gasteiger partial charge in [0.15, 0.2) is 0 Å². The number of benzene rings is 1. The summed E-state index contributed by atoms with van der Waals surface area (Å²) in [6, 6.07) is 7.75. The van der Waals surface area contributed by atoms with E-state index in [2.05, 4.69) is 46.2 Å². The van der Waals surface area contributed by atoms with Crippen molar-refractivity contribution in [3.63, 3.8) is 0 Å². The van der Waals surface area contributed by atoms with Gasteiger partial charge >= 0.3 is 0 Å². The third-order valence-electron chi connectivity index (χ3n) is 5.50. The molecule has 1 aliphatic rings. The second-order valence-electron chi connectivity index (χ2n) is 8.98. The highest BCUT2D eigenvalue weighted by Crippen LogP contribution is 2.23. The summed E-state index contributed by atoms with van der Waals surface area (Å²) in [5, 5.41) is 11.2. The number of oxazole rings is 1. The van der Waals surface area contributed by atoms with Crippen molar-refractivity contribution < 1.29 is 9.21 Å². The third kappa shape index (κ3) is 5.35. The van der Waals surface area contributed by atoms with Crippen LogP contribution in [0.2, 0.25) is 0 Å². The van der Waals surface area contributed by atoms with Crippen molar-refractivity contribution in [2.45, 2.75) is 45.6 Å². The number of aromatic nitrogens is 5. The normalized spacial score (nSPS) is 15.8. The second kappa shape index (κ2) is 8.97. The van der Waals surface area contributed by atoms with Gasteiger partial charge in [-0.05, 0) is 34.5 Å². The van der Waals surface area contributed by atoms with Gasteiger partial charge in [0.25, 0.3) is 0 Å². The molecule has 0 bridgehead atoms. The molecule has 31 heavy (non-hydrogen) atoms. The first-order valence-electron chi connectivity index (χ1n) is 10.7. The molecule has 3 heterocycles. The van der Waals surface area contributed by atoms with Crippen molar-refractivity contribution >= 4 is 5.91 Å². The highest BCUT2D eigenvalue weighted by atomic mass is 16.4. The van der Waals surface area contributed by atoms with E-state index in [1.165, 1.54) is 0 Å². The molecule has 1 aliphatic heterocycles. The lowest BCUT2D eigenvalue weighted by atomic mass is 9.94. The molecule has 1 amide bonds. The van der Waals surface area contributed by atoms with E-state index in [4.69, 9.17) is 4.42 Å². The van der Waals surface area contributed by atoms with Crippen molar-refractivity contribution in [3.05, 3.63) is 54.0 Å². The van der Waals surface area contributed by atoms with E-state index in [0.29, 0.717) is 19.5 Å². The molecular formula is C22H29N7O2. The molecule has 0 aliphatic carbocycles. The van der Waals surface area contributed by atoms with E-state index in [9.17, 15) is 4.79 Å². The standard InChI is InChI=1S/C22H29N7O2/c1-22(2,3)19-14-23-20(31-19)15-27-9-4-10-28(12-11-27)21(30)13-17-5-7-18(8-6-17)29-16-24-25-26-29/h5-8,14,16H,4,9-13,15H2,1-3H3. The monoisotopic (exact) mass is 423 g/mol. The van der Waals surface area contributed by atoms with Crippen molar-refractivity contribution in [3.8, 4) is 5.69 Å². The summed E-state index contributed by atoms with van der Waals surface area (Å²) in [6.45, 7) is 10.3. The Morgan fingerprint density at radius 3 is 2.58 bits per heavy atom. The van der Waals surface area contributed by atoms with E-state index in [1.807, 2.05) is 35.4 Å². The molecular weight excluding hydrogens is 394 g/mol. The summed E-state index contributed by atoms with van der Waals surface area (Å²) in [7, 11) is 0. The summed E-state index contributed by atoms with van der Waals surface area (Å²) in [5.41, 5.74) is 1.81. The van der Waals surface area contributed by atoms with Crippen LogP contribution in [-0.4, -0.2) is 67.1 Å². The van der Waals surface area contributed by atoms with Gasteiger partial charge in [0.2, 0.25) is 11.8 Å². The SMILES string of the molecule is CC(C)(C)c1cnc(CN2CCCN(C(=O)Cc3ccc(-n4cnnn4)cc3)CC2)o1. The van der Waals surface area contributed by atoms with E-state index in [1.54, 1.807) is 11.0 Å². The van der Waals surface area contributed by atoms with Crippen LogP contribution in [0.5, 0.6) is 0 Å². The number of hydrogen-bond acceptors (Lipinski definition) is 7. The third-order valence-corrected chi connectivity index (χ3v) is 5.50. The van der Waals surface area contributed by atoms with Gasteiger partial charge in [-0.2, -0.15) is 0 Å². The highest BCUT2D eigenvalue weighted by Gasteiger charge is 2.22. The lowest BCUT2D eigenvalue weighted by Gasteiger charge is -2.21. The van der Waals surface area contributed by atoms with Gasteiger partial charge in [0.05, 0.1) is 24.8 Å². The minimum Gasteiger partial charge on any atom is -0.444 e. The first kappa shape index (κ1) is 21.2. The lowest BCUT2D eigenvalue weighted by molar-refractivity contribution is -0.130. The van der Waals surface area contributed by atoms with E-state index < -0.39 is 0 Å². The number of nitrogens with zero attached hydrogens (tertiary/aromatic N) is 7. The van der Waals surface area contributed by atoms with Gasteiger partial charge in [-0.3, -0.25) is 9.69 Å². The zero-order valence-electron chi connectivity index (χ0n) is 18.4. The average Bonchev–Trinajstić information content (AvgIpc) is 3.38. The zero-order chi connectivity index (χ0) is 21.8. The number of rotatable bonds is 5. The molecule has 0 atom stereocenters. The van der Waals surface area contributed by atoms with Crippen LogP contribution in [0.1, 0.15) is 44.4 Å². The van der Waals surface area contributed by atoms with Crippen LogP contribution < -0.4 is 0 Å². The minimum atomic E-state index is -0.0440. The molecule has 9 heteroatoms. The average molecular weight is 424 g/mol. The zero-order valence-corrected chi connectivity index (χ0v) is 18.4.